The lowest BCUT2D eigenvalue weighted by Gasteiger charge is -2.39. The Labute approximate surface area is 124 Å². The molecule has 0 bridgehead atoms. The Morgan fingerprint density at radius 1 is 1.29 bits per heavy atom. The van der Waals surface area contributed by atoms with Crippen LogP contribution in [0.1, 0.15) is 26.5 Å². The number of H-pyrrole nitrogens is 1. The van der Waals surface area contributed by atoms with Crippen molar-refractivity contribution in [2.45, 2.75) is 33.2 Å². The molecule has 1 aliphatic heterocycles. The van der Waals surface area contributed by atoms with Gasteiger partial charge >= 0.3 is 0 Å². The number of nitrogens with two attached hydrogens (primary N) is 1. The summed E-state index contributed by atoms with van der Waals surface area (Å²) in [5.74, 6) is 1.14. The molecule has 3 rings (SSSR count). The first-order chi connectivity index (χ1) is 9.87. The maximum absolute atomic E-state index is 5.89. The zero-order chi connectivity index (χ0) is 15.2. The zero-order valence-corrected chi connectivity index (χ0v) is 13.1. The molecule has 2 aromatic rings. The average molecular weight is 289 g/mol. The van der Waals surface area contributed by atoms with Gasteiger partial charge in [-0.1, -0.05) is 20.8 Å². The number of nitrogens with zero attached hydrogens (tertiary/aromatic N) is 4. The van der Waals surface area contributed by atoms with E-state index in [1.54, 1.807) is 0 Å². The lowest BCUT2D eigenvalue weighted by Crippen LogP contribution is -2.57. The summed E-state index contributed by atoms with van der Waals surface area (Å²) in [5.41, 5.74) is 8.75. The molecule has 0 aromatic carbocycles. The van der Waals surface area contributed by atoms with Crippen molar-refractivity contribution < 1.29 is 0 Å². The molecule has 0 amide bonds. The van der Waals surface area contributed by atoms with Gasteiger partial charge in [0.25, 0.3) is 0 Å². The van der Waals surface area contributed by atoms with Crippen LogP contribution in [0.2, 0.25) is 0 Å². The highest BCUT2D eigenvalue weighted by Crippen LogP contribution is 2.30. The average Bonchev–Trinajstić information content (AvgIpc) is 2.69. The minimum absolute atomic E-state index is 0.160. The van der Waals surface area contributed by atoms with Gasteiger partial charge in [-0.3, -0.25) is 5.10 Å². The van der Waals surface area contributed by atoms with Crippen molar-refractivity contribution in [3.63, 3.8) is 0 Å². The molecule has 114 valence electrons. The van der Waals surface area contributed by atoms with Gasteiger partial charge in [-0.15, -0.1) is 0 Å². The number of hydrogen-bond acceptors (Lipinski definition) is 6. The summed E-state index contributed by atoms with van der Waals surface area (Å²) in [6.07, 6.45) is 0.874. The van der Waals surface area contributed by atoms with Crippen LogP contribution in [0, 0.1) is 5.41 Å². The summed E-state index contributed by atoms with van der Waals surface area (Å²) < 4.78 is 0. The number of nitrogen functional groups attached to an aromatic ring is 1. The second-order valence-corrected chi connectivity index (χ2v) is 6.93. The van der Waals surface area contributed by atoms with Gasteiger partial charge in [-0.25, -0.2) is 4.98 Å². The molecule has 1 aliphatic rings. The molecular formula is C14H23N7. The second-order valence-electron chi connectivity index (χ2n) is 6.93. The first-order valence-corrected chi connectivity index (χ1v) is 7.30. The monoisotopic (exact) mass is 289 g/mol. The number of aromatic nitrogens is 4. The van der Waals surface area contributed by atoms with Crippen LogP contribution in [0.5, 0.6) is 0 Å². The van der Waals surface area contributed by atoms with Gasteiger partial charge in [-0.2, -0.15) is 10.1 Å². The van der Waals surface area contributed by atoms with Gasteiger partial charge in [0.1, 0.15) is 5.52 Å². The lowest BCUT2D eigenvalue weighted by molar-refractivity contribution is 0.407. The molecule has 7 nitrogen and oxygen atoms in total. The number of aromatic amines is 1. The SMILES string of the molecule is CNC1CN(c2nc(N)nc3c(CC(C)(C)C)[nH]nc23)C1. The maximum Gasteiger partial charge on any atom is 0.222 e. The van der Waals surface area contributed by atoms with Crippen molar-refractivity contribution in [2.75, 3.05) is 30.8 Å². The highest BCUT2D eigenvalue weighted by molar-refractivity contribution is 5.88. The number of rotatable bonds is 3. The van der Waals surface area contributed by atoms with Crippen LogP contribution >= 0.6 is 0 Å². The summed E-state index contributed by atoms with van der Waals surface area (Å²) >= 11 is 0. The predicted octanol–water partition coefficient (Wildman–Crippen LogP) is 0.932. The van der Waals surface area contributed by atoms with Crippen LogP contribution in [0.4, 0.5) is 11.8 Å². The summed E-state index contributed by atoms with van der Waals surface area (Å²) in [5, 5.41) is 10.8. The van der Waals surface area contributed by atoms with Crippen molar-refractivity contribution in [1.82, 2.24) is 25.5 Å². The van der Waals surface area contributed by atoms with Gasteiger partial charge in [0.2, 0.25) is 5.95 Å². The van der Waals surface area contributed by atoms with Gasteiger partial charge in [0, 0.05) is 19.1 Å². The molecule has 0 unspecified atom stereocenters. The molecule has 21 heavy (non-hydrogen) atoms. The molecule has 4 N–H and O–H groups in total. The van der Waals surface area contributed by atoms with E-state index < -0.39 is 0 Å². The largest absolute Gasteiger partial charge is 0.368 e. The standard InChI is InChI=1S/C14H23N7/c1-14(2,3)5-9-10-11(20-19-9)12(18-13(15)17-10)21-6-8(7-21)16-4/h8,16H,5-7H2,1-4H3,(H,19,20)(H2,15,17,18). The van der Waals surface area contributed by atoms with Crippen molar-refractivity contribution in [3.8, 4) is 0 Å². The predicted molar refractivity (Wildman–Crippen MR) is 84.3 cm³/mol. The van der Waals surface area contributed by atoms with E-state index in [1.165, 1.54) is 0 Å². The molecule has 0 saturated carbocycles. The van der Waals surface area contributed by atoms with Crippen LogP contribution in [0.25, 0.3) is 11.0 Å². The quantitative estimate of drug-likeness (QED) is 0.778. The first-order valence-electron chi connectivity index (χ1n) is 7.30. The summed E-state index contributed by atoms with van der Waals surface area (Å²) in [6.45, 7) is 8.42. The third-order valence-electron chi connectivity index (χ3n) is 3.77. The molecular weight excluding hydrogens is 266 g/mol. The van der Waals surface area contributed by atoms with Gasteiger partial charge in [-0.05, 0) is 18.9 Å². The summed E-state index contributed by atoms with van der Waals surface area (Å²) in [7, 11) is 1.97. The van der Waals surface area contributed by atoms with E-state index in [9.17, 15) is 0 Å². The van der Waals surface area contributed by atoms with Gasteiger partial charge in [0.05, 0.1) is 5.69 Å². The zero-order valence-electron chi connectivity index (χ0n) is 13.1. The summed E-state index contributed by atoms with van der Waals surface area (Å²) in [6, 6.07) is 0.504. The Bertz CT molecular complexity index is 649. The van der Waals surface area contributed by atoms with Crippen LogP contribution in [0.15, 0.2) is 0 Å². The number of nitrogens with one attached hydrogen (secondary N) is 2. The summed E-state index contributed by atoms with van der Waals surface area (Å²) in [4.78, 5) is 11.0. The Morgan fingerprint density at radius 2 is 2.00 bits per heavy atom. The third kappa shape index (κ3) is 2.65. The van der Waals surface area contributed by atoms with Crippen molar-refractivity contribution in [2.24, 2.45) is 5.41 Å². The molecule has 7 heteroatoms. The highest BCUT2D eigenvalue weighted by Gasteiger charge is 2.29. The molecule has 0 spiro atoms. The van der Waals surface area contributed by atoms with Crippen LogP contribution < -0.4 is 16.0 Å². The minimum Gasteiger partial charge on any atom is -0.368 e. The molecule has 1 fully saturated rings. The van der Waals surface area contributed by atoms with E-state index in [2.05, 4.69) is 51.2 Å². The fourth-order valence-electron chi connectivity index (χ4n) is 2.66. The van der Waals surface area contributed by atoms with E-state index in [4.69, 9.17) is 5.73 Å². The van der Waals surface area contributed by atoms with Crippen molar-refractivity contribution >= 4 is 22.8 Å². The van der Waals surface area contributed by atoms with Crippen molar-refractivity contribution in [3.05, 3.63) is 5.69 Å². The number of fused-ring (bicyclic) bond motifs is 1. The molecule has 3 heterocycles. The van der Waals surface area contributed by atoms with Crippen LogP contribution in [-0.4, -0.2) is 46.3 Å². The molecule has 0 radical (unpaired) electrons. The van der Waals surface area contributed by atoms with E-state index in [0.717, 1.165) is 42.1 Å². The first kappa shape index (κ1) is 14.1. The number of hydrogen-bond donors (Lipinski definition) is 3. The Hall–Kier alpha value is -1.89. The molecule has 0 aliphatic carbocycles. The fourth-order valence-corrected chi connectivity index (χ4v) is 2.66. The van der Waals surface area contributed by atoms with Gasteiger partial charge < -0.3 is 16.0 Å². The van der Waals surface area contributed by atoms with Crippen molar-refractivity contribution in [1.29, 1.82) is 0 Å². The maximum atomic E-state index is 5.89. The van der Waals surface area contributed by atoms with Gasteiger partial charge in [0.15, 0.2) is 11.3 Å². The molecule has 1 saturated heterocycles. The molecule has 2 aromatic heterocycles. The Kier molecular flexibility index (Phi) is 3.24. The highest BCUT2D eigenvalue weighted by atomic mass is 15.3. The van der Waals surface area contributed by atoms with Crippen LogP contribution in [0.3, 0.4) is 0 Å². The Balaban J connectivity index is 1.99. The topological polar surface area (TPSA) is 95.7 Å². The number of likely N-dealkylation sites (N-methyl/N-ethyl adjacent to an activating group) is 1. The smallest absolute Gasteiger partial charge is 0.222 e. The van der Waals surface area contributed by atoms with E-state index >= 15 is 0 Å². The normalized spacial score (nSPS) is 16.5. The molecule has 0 atom stereocenters. The second kappa shape index (κ2) is 4.84. The van der Waals surface area contributed by atoms with E-state index in [-0.39, 0.29) is 5.41 Å². The minimum atomic E-state index is 0.160. The number of anilines is 2. The Morgan fingerprint density at radius 3 is 2.62 bits per heavy atom. The van der Waals surface area contributed by atoms with E-state index in [0.29, 0.717) is 12.0 Å². The van der Waals surface area contributed by atoms with Crippen LogP contribution in [-0.2, 0) is 6.42 Å². The third-order valence-corrected chi connectivity index (χ3v) is 3.77. The fraction of sp³-hybridized carbons (Fsp3) is 0.643. The van der Waals surface area contributed by atoms with E-state index in [1.807, 2.05) is 7.05 Å². The lowest BCUT2D eigenvalue weighted by atomic mass is 9.90.